The fourth-order valence-corrected chi connectivity index (χ4v) is 1.79. The van der Waals surface area contributed by atoms with Crippen LogP contribution < -0.4 is 5.32 Å². The third-order valence-electron chi connectivity index (χ3n) is 2.98. The predicted octanol–water partition coefficient (Wildman–Crippen LogP) is 1.69. The zero-order valence-corrected chi connectivity index (χ0v) is 12.9. The van der Waals surface area contributed by atoms with Crippen LogP contribution in [0.3, 0.4) is 0 Å². The first kappa shape index (κ1) is 16.5. The van der Waals surface area contributed by atoms with Gasteiger partial charge >= 0.3 is 0 Å². The van der Waals surface area contributed by atoms with E-state index < -0.39 is 0 Å². The number of anilines is 1. The van der Waals surface area contributed by atoms with Gasteiger partial charge in [0.05, 0.1) is 12.6 Å². The number of nitrogens with zero attached hydrogens (tertiary/aromatic N) is 2. The number of carbonyl (C=O) groups is 2. The van der Waals surface area contributed by atoms with Crippen molar-refractivity contribution in [2.75, 3.05) is 33.0 Å². The molecule has 20 heavy (non-hydrogen) atoms. The number of nitrogens with one attached hydrogen (secondary N) is 1. The lowest BCUT2D eigenvalue weighted by atomic mass is 10.2. The summed E-state index contributed by atoms with van der Waals surface area (Å²) in [5.74, 6) is -0.208. The van der Waals surface area contributed by atoms with Crippen LogP contribution in [0.15, 0.2) is 24.3 Å². The zero-order chi connectivity index (χ0) is 15.3. The van der Waals surface area contributed by atoms with Crippen LogP contribution >= 0.6 is 11.6 Å². The molecule has 6 heteroatoms. The molecule has 0 aliphatic rings. The Labute approximate surface area is 124 Å². The molecule has 1 aromatic carbocycles. The first-order valence-electron chi connectivity index (χ1n) is 6.28. The number of halogens is 1. The normalized spacial score (nSPS) is 12.1. The van der Waals surface area contributed by atoms with E-state index >= 15 is 0 Å². The van der Waals surface area contributed by atoms with Gasteiger partial charge in [-0.2, -0.15) is 0 Å². The third kappa shape index (κ3) is 4.83. The van der Waals surface area contributed by atoms with Crippen molar-refractivity contribution in [3.05, 3.63) is 29.3 Å². The summed E-state index contributed by atoms with van der Waals surface area (Å²) in [7, 11) is 5.13. The number of likely N-dealkylation sites (N-methyl/N-ethyl adjacent to an activating group) is 2. The molecular formula is C14H20ClN3O2. The summed E-state index contributed by atoms with van der Waals surface area (Å²) in [4.78, 5) is 26.9. The summed E-state index contributed by atoms with van der Waals surface area (Å²) in [6.07, 6.45) is 0. The van der Waals surface area contributed by atoms with Gasteiger partial charge in [0.15, 0.2) is 0 Å². The average molecular weight is 298 g/mol. The van der Waals surface area contributed by atoms with E-state index in [1.165, 1.54) is 4.90 Å². The molecule has 0 unspecified atom stereocenters. The molecule has 1 N–H and O–H groups in total. The van der Waals surface area contributed by atoms with Crippen molar-refractivity contribution in [3.63, 3.8) is 0 Å². The van der Waals surface area contributed by atoms with Gasteiger partial charge in [-0.15, -0.1) is 0 Å². The minimum atomic E-state index is -0.346. The first-order valence-corrected chi connectivity index (χ1v) is 6.66. The van der Waals surface area contributed by atoms with E-state index in [1.54, 1.807) is 57.2 Å². The third-order valence-corrected chi connectivity index (χ3v) is 3.23. The van der Waals surface area contributed by atoms with Crippen molar-refractivity contribution < 1.29 is 9.59 Å². The Morgan fingerprint density at radius 1 is 1.20 bits per heavy atom. The van der Waals surface area contributed by atoms with Gasteiger partial charge in [0.2, 0.25) is 11.8 Å². The van der Waals surface area contributed by atoms with Crippen LogP contribution in [-0.2, 0) is 9.59 Å². The Morgan fingerprint density at radius 2 is 1.75 bits per heavy atom. The monoisotopic (exact) mass is 297 g/mol. The lowest BCUT2D eigenvalue weighted by Crippen LogP contribution is -2.45. The molecule has 0 radical (unpaired) electrons. The summed E-state index contributed by atoms with van der Waals surface area (Å²) in [5.41, 5.74) is 0.680. The van der Waals surface area contributed by atoms with E-state index in [2.05, 4.69) is 5.32 Å². The number of rotatable bonds is 5. The van der Waals surface area contributed by atoms with Gasteiger partial charge in [0.25, 0.3) is 0 Å². The van der Waals surface area contributed by atoms with Crippen molar-refractivity contribution >= 4 is 29.1 Å². The SMILES string of the molecule is C[C@@H](C(=O)N(C)C)N(C)CC(=O)Nc1ccc(Cl)cc1. The number of hydrogen-bond donors (Lipinski definition) is 1. The Kier molecular flexibility index (Phi) is 5.98. The van der Waals surface area contributed by atoms with E-state index in [-0.39, 0.29) is 24.4 Å². The second-order valence-corrected chi connectivity index (χ2v) is 5.32. The van der Waals surface area contributed by atoms with Gasteiger partial charge in [-0.05, 0) is 38.2 Å². The molecule has 0 aliphatic heterocycles. The van der Waals surface area contributed by atoms with E-state index in [1.807, 2.05) is 0 Å². The second kappa shape index (κ2) is 7.26. The molecule has 0 fully saturated rings. The summed E-state index contributed by atoms with van der Waals surface area (Å²) in [5, 5.41) is 3.37. The molecule has 0 heterocycles. The van der Waals surface area contributed by atoms with Crippen molar-refractivity contribution in [3.8, 4) is 0 Å². The molecule has 0 saturated heterocycles. The smallest absolute Gasteiger partial charge is 0.239 e. The first-order chi connectivity index (χ1) is 9.31. The molecule has 110 valence electrons. The number of benzene rings is 1. The lowest BCUT2D eigenvalue weighted by Gasteiger charge is -2.25. The Hall–Kier alpha value is -1.59. The molecule has 1 rings (SSSR count). The molecule has 5 nitrogen and oxygen atoms in total. The van der Waals surface area contributed by atoms with E-state index in [4.69, 9.17) is 11.6 Å². The van der Waals surface area contributed by atoms with Crippen molar-refractivity contribution in [2.24, 2.45) is 0 Å². The minimum Gasteiger partial charge on any atom is -0.347 e. The van der Waals surface area contributed by atoms with Gasteiger partial charge < -0.3 is 10.2 Å². The highest BCUT2D eigenvalue weighted by Gasteiger charge is 2.21. The molecule has 1 atom stereocenters. The van der Waals surface area contributed by atoms with Crippen LogP contribution in [-0.4, -0.2) is 55.3 Å². The summed E-state index contributed by atoms with van der Waals surface area (Å²) < 4.78 is 0. The van der Waals surface area contributed by atoms with Crippen LogP contribution in [0.2, 0.25) is 5.02 Å². The van der Waals surface area contributed by atoms with Gasteiger partial charge in [0, 0.05) is 24.8 Å². The van der Waals surface area contributed by atoms with Crippen molar-refractivity contribution in [1.29, 1.82) is 0 Å². The molecule has 1 aromatic rings. The average Bonchev–Trinajstić information content (AvgIpc) is 2.39. The van der Waals surface area contributed by atoms with E-state index in [9.17, 15) is 9.59 Å². The summed E-state index contributed by atoms with van der Waals surface area (Å²) in [6, 6.07) is 6.53. The fourth-order valence-electron chi connectivity index (χ4n) is 1.66. The quantitative estimate of drug-likeness (QED) is 0.900. The van der Waals surface area contributed by atoms with Crippen molar-refractivity contribution in [2.45, 2.75) is 13.0 Å². The Balaban J connectivity index is 2.53. The fraction of sp³-hybridized carbons (Fsp3) is 0.429. The second-order valence-electron chi connectivity index (χ2n) is 4.88. The highest BCUT2D eigenvalue weighted by atomic mass is 35.5. The molecule has 0 saturated carbocycles. The Morgan fingerprint density at radius 3 is 2.25 bits per heavy atom. The van der Waals surface area contributed by atoms with Crippen molar-refractivity contribution in [1.82, 2.24) is 9.80 Å². The predicted molar refractivity (Wildman–Crippen MR) is 80.9 cm³/mol. The van der Waals surface area contributed by atoms with E-state index in [0.29, 0.717) is 10.7 Å². The largest absolute Gasteiger partial charge is 0.347 e. The number of carbonyl (C=O) groups excluding carboxylic acids is 2. The summed E-state index contributed by atoms with van der Waals surface area (Å²) >= 11 is 5.78. The maximum Gasteiger partial charge on any atom is 0.239 e. The van der Waals surface area contributed by atoms with Crippen LogP contribution in [0.1, 0.15) is 6.92 Å². The maximum absolute atomic E-state index is 11.9. The van der Waals surface area contributed by atoms with Gasteiger partial charge in [-0.25, -0.2) is 0 Å². The highest BCUT2D eigenvalue weighted by molar-refractivity contribution is 6.30. The summed E-state index contributed by atoms with van der Waals surface area (Å²) in [6.45, 7) is 1.92. The zero-order valence-electron chi connectivity index (χ0n) is 12.2. The van der Waals surface area contributed by atoms with Crippen LogP contribution in [0.4, 0.5) is 5.69 Å². The highest BCUT2D eigenvalue weighted by Crippen LogP contribution is 2.13. The van der Waals surface area contributed by atoms with Gasteiger partial charge in [-0.1, -0.05) is 11.6 Å². The van der Waals surface area contributed by atoms with E-state index in [0.717, 1.165) is 0 Å². The number of amides is 2. The molecule has 0 bridgehead atoms. The van der Waals surface area contributed by atoms with Gasteiger partial charge in [-0.3, -0.25) is 14.5 Å². The van der Waals surface area contributed by atoms with Crippen LogP contribution in [0.25, 0.3) is 0 Å². The van der Waals surface area contributed by atoms with Gasteiger partial charge in [0.1, 0.15) is 0 Å². The topological polar surface area (TPSA) is 52.7 Å². The molecule has 0 aliphatic carbocycles. The van der Waals surface area contributed by atoms with Crippen LogP contribution in [0.5, 0.6) is 0 Å². The molecule has 0 aromatic heterocycles. The molecule has 0 spiro atoms. The maximum atomic E-state index is 11.9. The Bertz CT molecular complexity index is 474. The van der Waals surface area contributed by atoms with Crippen LogP contribution in [0, 0.1) is 0 Å². The minimum absolute atomic E-state index is 0.0354. The molecular weight excluding hydrogens is 278 g/mol. The standard InChI is InChI=1S/C14H20ClN3O2/c1-10(14(20)17(2)3)18(4)9-13(19)16-12-7-5-11(15)6-8-12/h5-8,10H,9H2,1-4H3,(H,16,19)/t10-/m0/s1. The lowest BCUT2D eigenvalue weighted by molar-refractivity contribution is -0.133. The number of hydrogen-bond acceptors (Lipinski definition) is 3. The molecule has 2 amide bonds.